The highest BCUT2D eigenvalue weighted by molar-refractivity contribution is 6.03. The summed E-state index contributed by atoms with van der Waals surface area (Å²) in [5.41, 5.74) is 0.968. The first-order valence-corrected chi connectivity index (χ1v) is 4.01. The lowest BCUT2D eigenvalue weighted by Gasteiger charge is -2.18. The molecule has 1 heterocycles. The fourth-order valence-corrected chi connectivity index (χ4v) is 1.42. The molecule has 4 heteroatoms. The normalized spacial score (nSPS) is 18.1. The Bertz CT molecular complexity index is 363. The average Bonchev–Trinajstić information content (AvgIpc) is 2.17. The summed E-state index contributed by atoms with van der Waals surface area (Å²) < 4.78 is 18.6. The number of hydrogen-bond donors (Lipinski definition) is 1. The zero-order valence-electron chi connectivity index (χ0n) is 6.96. The Balaban J connectivity index is 2.60. The molecule has 13 heavy (non-hydrogen) atoms. The highest BCUT2D eigenvalue weighted by atomic mass is 19.1. The minimum Gasteiger partial charge on any atom is -0.492 e. The second kappa shape index (κ2) is 3.05. The van der Waals surface area contributed by atoms with Crippen LogP contribution in [0.2, 0.25) is 0 Å². The Labute approximate surface area is 75.0 Å². The number of halogens is 1. The van der Waals surface area contributed by atoms with Gasteiger partial charge in [0.2, 0.25) is 0 Å². The molecule has 0 radical (unpaired) electrons. The fourth-order valence-electron chi connectivity index (χ4n) is 1.42. The van der Waals surface area contributed by atoms with Gasteiger partial charge in [0, 0.05) is 6.42 Å². The molecule has 1 aliphatic heterocycles. The molecule has 68 valence electrons. The van der Waals surface area contributed by atoms with Crippen LogP contribution in [0.5, 0.6) is 5.75 Å². The third-order valence-corrected chi connectivity index (χ3v) is 2.02. The summed E-state index contributed by atoms with van der Waals surface area (Å²) in [5, 5.41) is 3.55. The van der Waals surface area contributed by atoms with Crippen molar-refractivity contribution in [1.29, 1.82) is 0 Å². The van der Waals surface area contributed by atoms with Crippen LogP contribution < -0.4 is 10.6 Å². The molecule has 1 aromatic rings. The monoisotopic (exact) mass is 180 g/mol. The number of nitrogens with two attached hydrogens (primary N) is 1. The van der Waals surface area contributed by atoms with Gasteiger partial charge in [-0.3, -0.25) is 0 Å². The molecular weight excluding hydrogens is 171 g/mol. The van der Waals surface area contributed by atoms with Crippen LogP contribution in [0.3, 0.4) is 0 Å². The van der Waals surface area contributed by atoms with Gasteiger partial charge in [0.25, 0.3) is 0 Å². The fraction of sp³-hybridized carbons (Fsp3) is 0.222. The Hall–Kier alpha value is -1.58. The molecule has 0 saturated heterocycles. The third-order valence-electron chi connectivity index (χ3n) is 2.02. The highest BCUT2D eigenvalue weighted by Gasteiger charge is 2.20. The second-order valence-corrected chi connectivity index (χ2v) is 2.79. The second-order valence-electron chi connectivity index (χ2n) is 2.79. The molecule has 3 nitrogen and oxygen atoms in total. The Kier molecular flexibility index (Phi) is 1.88. The van der Waals surface area contributed by atoms with Crippen LogP contribution in [0.15, 0.2) is 23.3 Å². The average molecular weight is 180 g/mol. The molecule has 0 unspecified atom stereocenters. The lowest BCUT2D eigenvalue weighted by molar-refractivity contribution is 0.317. The summed E-state index contributed by atoms with van der Waals surface area (Å²) in [6.45, 7) is 0.506. The van der Waals surface area contributed by atoms with E-state index >= 15 is 0 Å². The van der Waals surface area contributed by atoms with Crippen molar-refractivity contribution in [2.24, 2.45) is 10.9 Å². The van der Waals surface area contributed by atoms with E-state index in [4.69, 9.17) is 10.6 Å². The Morgan fingerprint density at radius 3 is 3.08 bits per heavy atom. The van der Waals surface area contributed by atoms with E-state index in [9.17, 15) is 4.39 Å². The SMILES string of the molecule is NN=C1CCOc2cccc(F)c21. The van der Waals surface area contributed by atoms with Crippen molar-refractivity contribution in [3.8, 4) is 5.75 Å². The lowest BCUT2D eigenvalue weighted by atomic mass is 10.0. The first-order valence-electron chi connectivity index (χ1n) is 4.01. The van der Waals surface area contributed by atoms with E-state index in [2.05, 4.69) is 5.10 Å². The number of fused-ring (bicyclic) bond motifs is 1. The van der Waals surface area contributed by atoms with E-state index < -0.39 is 0 Å². The molecule has 1 aromatic carbocycles. The quantitative estimate of drug-likeness (QED) is 0.482. The number of hydrazone groups is 1. The zero-order valence-corrected chi connectivity index (χ0v) is 6.96. The van der Waals surface area contributed by atoms with Gasteiger partial charge in [0.15, 0.2) is 0 Å². The number of nitrogens with zero attached hydrogens (tertiary/aromatic N) is 1. The Morgan fingerprint density at radius 2 is 2.31 bits per heavy atom. The summed E-state index contributed by atoms with van der Waals surface area (Å²) in [6, 6.07) is 4.69. The van der Waals surface area contributed by atoms with Crippen molar-refractivity contribution in [1.82, 2.24) is 0 Å². The van der Waals surface area contributed by atoms with Gasteiger partial charge in [0.05, 0.1) is 17.9 Å². The highest BCUT2D eigenvalue weighted by Crippen LogP contribution is 2.26. The summed E-state index contributed by atoms with van der Waals surface area (Å²) in [5.74, 6) is 5.34. The molecule has 2 rings (SSSR count). The summed E-state index contributed by atoms with van der Waals surface area (Å²) in [6.07, 6.45) is 0.560. The van der Waals surface area contributed by atoms with Crippen LogP contribution in [-0.2, 0) is 0 Å². The zero-order chi connectivity index (χ0) is 9.26. The predicted octanol–water partition coefficient (Wildman–Crippen LogP) is 1.27. The van der Waals surface area contributed by atoms with Crippen molar-refractivity contribution in [2.45, 2.75) is 6.42 Å². The first kappa shape index (κ1) is 8.04. The van der Waals surface area contributed by atoms with Gasteiger partial charge in [-0.05, 0) is 12.1 Å². The summed E-state index contributed by atoms with van der Waals surface area (Å²) in [7, 11) is 0. The lowest BCUT2D eigenvalue weighted by Crippen LogP contribution is -2.19. The molecule has 0 atom stereocenters. The third kappa shape index (κ3) is 1.24. The smallest absolute Gasteiger partial charge is 0.136 e. The van der Waals surface area contributed by atoms with Gasteiger partial charge in [-0.2, -0.15) is 5.10 Å². The van der Waals surface area contributed by atoms with E-state index in [1.807, 2.05) is 0 Å². The summed E-state index contributed by atoms with van der Waals surface area (Å²) >= 11 is 0. The van der Waals surface area contributed by atoms with Crippen molar-refractivity contribution < 1.29 is 9.13 Å². The van der Waals surface area contributed by atoms with Gasteiger partial charge in [-0.25, -0.2) is 4.39 Å². The number of hydrogen-bond acceptors (Lipinski definition) is 3. The molecule has 0 aliphatic carbocycles. The standard InChI is InChI=1S/C9H9FN2O/c10-6-2-1-3-8-9(6)7(12-11)4-5-13-8/h1-3H,4-5,11H2. The van der Waals surface area contributed by atoms with Crippen molar-refractivity contribution in [3.05, 3.63) is 29.6 Å². The van der Waals surface area contributed by atoms with E-state index in [0.717, 1.165) is 0 Å². The Morgan fingerprint density at radius 1 is 1.46 bits per heavy atom. The maximum absolute atomic E-state index is 13.3. The van der Waals surface area contributed by atoms with Gasteiger partial charge < -0.3 is 10.6 Å². The molecular formula is C9H9FN2O. The molecule has 2 N–H and O–H groups in total. The molecule has 0 amide bonds. The van der Waals surface area contributed by atoms with Crippen LogP contribution in [0.25, 0.3) is 0 Å². The van der Waals surface area contributed by atoms with Crippen LogP contribution in [0, 0.1) is 5.82 Å². The maximum Gasteiger partial charge on any atom is 0.136 e. The van der Waals surface area contributed by atoms with Gasteiger partial charge in [-0.1, -0.05) is 6.07 Å². The topological polar surface area (TPSA) is 47.6 Å². The minimum absolute atomic E-state index is 0.332. The maximum atomic E-state index is 13.3. The van der Waals surface area contributed by atoms with E-state index in [0.29, 0.717) is 30.1 Å². The van der Waals surface area contributed by atoms with Crippen molar-refractivity contribution in [3.63, 3.8) is 0 Å². The first-order chi connectivity index (χ1) is 6.33. The molecule has 1 aliphatic rings. The van der Waals surface area contributed by atoms with Crippen LogP contribution >= 0.6 is 0 Å². The summed E-state index contributed by atoms with van der Waals surface area (Å²) in [4.78, 5) is 0. The number of ether oxygens (including phenoxy) is 1. The molecule has 0 bridgehead atoms. The van der Waals surface area contributed by atoms with Gasteiger partial charge >= 0.3 is 0 Å². The molecule has 0 saturated carbocycles. The molecule has 0 fully saturated rings. The predicted molar refractivity (Wildman–Crippen MR) is 47.2 cm³/mol. The molecule has 0 aromatic heterocycles. The van der Waals surface area contributed by atoms with E-state index in [1.165, 1.54) is 6.07 Å². The van der Waals surface area contributed by atoms with Crippen LogP contribution in [0.4, 0.5) is 4.39 Å². The van der Waals surface area contributed by atoms with E-state index in [1.54, 1.807) is 12.1 Å². The van der Waals surface area contributed by atoms with Gasteiger partial charge in [0.1, 0.15) is 11.6 Å². The van der Waals surface area contributed by atoms with Crippen molar-refractivity contribution >= 4 is 5.71 Å². The number of rotatable bonds is 0. The van der Waals surface area contributed by atoms with Crippen LogP contribution in [0.1, 0.15) is 12.0 Å². The van der Waals surface area contributed by atoms with Crippen LogP contribution in [-0.4, -0.2) is 12.3 Å². The van der Waals surface area contributed by atoms with E-state index in [-0.39, 0.29) is 5.82 Å². The van der Waals surface area contributed by atoms with Gasteiger partial charge in [-0.15, -0.1) is 0 Å². The van der Waals surface area contributed by atoms with Crippen molar-refractivity contribution in [2.75, 3.05) is 6.61 Å². The number of benzene rings is 1. The molecule has 0 spiro atoms. The minimum atomic E-state index is -0.332. The largest absolute Gasteiger partial charge is 0.492 e.